The molecule has 0 bridgehead atoms. The van der Waals surface area contributed by atoms with Crippen LogP contribution in [0.1, 0.15) is 15.9 Å². The van der Waals surface area contributed by atoms with Gasteiger partial charge in [0.1, 0.15) is 5.82 Å². The zero-order chi connectivity index (χ0) is 21.5. The van der Waals surface area contributed by atoms with E-state index >= 15 is 0 Å². The van der Waals surface area contributed by atoms with Crippen molar-refractivity contribution in [1.29, 1.82) is 0 Å². The molecule has 8 nitrogen and oxygen atoms in total. The summed E-state index contributed by atoms with van der Waals surface area (Å²) < 4.78 is 12.9. The van der Waals surface area contributed by atoms with Gasteiger partial charge in [-0.2, -0.15) is 0 Å². The first-order chi connectivity index (χ1) is 14.4. The molecular weight excluding hydrogens is 391 g/mol. The summed E-state index contributed by atoms with van der Waals surface area (Å²) in [5, 5.41) is 13.5. The van der Waals surface area contributed by atoms with E-state index in [1.165, 1.54) is 36.4 Å². The second kappa shape index (κ2) is 9.93. The number of halogens is 1. The summed E-state index contributed by atoms with van der Waals surface area (Å²) in [6, 6.07) is 11.4. The van der Waals surface area contributed by atoms with Crippen LogP contribution in [-0.2, 0) is 11.2 Å². The van der Waals surface area contributed by atoms with Crippen LogP contribution in [0.2, 0.25) is 0 Å². The monoisotopic (exact) mass is 414 g/mol. The van der Waals surface area contributed by atoms with Crippen molar-refractivity contribution >= 4 is 17.5 Å². The Labute approximate surface area is 173 Å². The molecule has 2 aromatic rings. The molecule has 1 saturated heterocycles. The first-order valence-electron chi connectivity index (χ1n) is 9.69. The van der Waals surface area contributed by atoms with E-state index in [0.717, 1.165) is 5.56 Å². The first kappa shape index (κ1) is 21.4. The third-order valence-corrected chi connectivity index (χ3v) is 5.05. The van der Waals surface area contributed by atoms with Crippen LogP contribution < -0.4 is 5.32 Å². The van der Waals surface area contributed by atoms with Gasteiger partial charge in [-0.3, -0.25) is 24.6 Å². The molecule has 1 fully saturated rings. The SMILES string of the molecule is O=C(NCCN1CCN(C(=O)Cc2ccc([N+](=O)[O-])cc2)CC1)c1ccc(F)cc1. The van der Waals surface area contributed by atoms with E-state index in [4.69, 9.17) is 0 Å². The van der Waals surface area contributed by atoms with Gasteiger partial charge in [-0.1, -0.05) is 12.1 Å². The number of amides is 2. The zero-order valence-electron chi connectivity index (χ0n) is 16.4. The zero-order valence-corrected chi connectivity index (χ0v) is 16.4. The van der Waals surface area contributed by atoms with E-state index in [1.54, 1.807) is 17.0 Å². The summed E-state index contributed by atoms with van der Waals surface area (Å²) in [7, 11) is 0. The molecule has 9 heteroatoms. The molecule has 1 N–H and O–H groups in total. The second-order valence-corrected chi connectivity index (χ2v) is 7.09. The fourth-order valence-corrected chi connectivity index (χ4v) is 3.27. The van der Waals surface area contributed by atoms with Crippen molar-refractivity contribution < 1.29 is 18.9 Å². The molecular formula is C21H23FN4O4. The third kappa shape index (κ3) is 5.84. The lowest BCUT2D eigenvalue weighted by Gasteiger charge is -2.34. The van der Waals surface area contributed by atoms with Crippen molar-refractivity contribution in [3.05, 3.63) is 75.6 Å². The van der Waals surface area contributed by atoms with Gasteiger partial charge in [0.2, 0.25) is 5.91 Å². The summed E-state index contributed by atoms with van der Waals surface area (Å²) in [6.45, 7) is 3.73. The third-order valence-electron chi connectivity index (χ3n) is 5.05. The summed E-state index contributed by atoms with van der Waals surface area (Å²) >= 11 is 0. The van der Waals surface area contributed by atoms with Crippen LogP contribution >= 0.6 is 0 Å². The molecule has 0 aliphatic carbocycles. The average Bonchev–Trinajstić information content (AvgIpc) is 2.75. The van der Waals surface area contributed by atoms with Gasteiger partial charge in [-0.05, 0) is 29.8 Å². The number of hydrogen-bond donors (Lipinski definition) is 1. The highest BCUT2D eigenvalue weighted by atomic mass is 19.1. The van der Waals surface area contributed by atoms with Gasteiger partial charge >= 0.3 is 0 Å². The Hall–Kier alpha value is -3.33. The number of nitro groups is 1. The van der Waals surface area contributed by atoms with E-state index in [9.17, 15) is 24.1 Å². The van der Waals surface area contributed by atoms with Gasteiger partial charge in [-0.25, -0.2) is 4.39 Å². The number of carbonyl (C=O) groups excluding carboxylic acids is 2. The Morgan fingerprint density at radius 3 is 2.23 bits per heavy atom. The topological polar surface area (TPSA) is 95.8 Å². The lowest BCUT2D eigenvalue weighted by molar-refractivity contribution is -0.384. The number of benzene rings is 2. The molecule has 158 valence electrons. The Morgan fingerprint density at radius 2 is 1.63 bits per heavy atom. The van der Waals surface area contributed by atoms with Crippen molar-refractivity contribution in [2.24, 2.45) is 0 Å². The summed E-state index contributed by atoms with van der Waals surface area (Å²) in [6.07, 6.45) is 0.214. The predicted molar refractivity (Wildman–Crippen MR) is 109 cm³/mol. The number of nitrogens with one attached hydrogen (secondary N) is 1. The number of rotatable bonds is 7. The van der Waals surface area contributed by atoms with Crippen LogP contribution in [0.25, 0.3) is 0 Å². The minimum Gasteiger partial charge on any atom is -0.351 e. The molecule has 30 heavy (non-hydrogen) atoms. The first-order valence-corrected chi connectivity index (χ1v) is 9.69. The maximum atomic E-state index is 12.9. The van der Waals surface area contributed by atoms with Crippen LogP contribution in [0.4, 0.5) is 10.1 Å². The lowest BCUT2D eigenvalue weighted by atomic mass is 10.1. The quantitative estimate of drug-likeness (QED) is 0.551. The van der Waals surface area contributed by atoms with E-state index < -0.39 is 4.92 Å². The van der Waals surface area contributed by atoms with Crippen LogP contribution in [0.3, 0.4) is 0 Å². The van der Waals surface area contributed by atoms with E-state index in [-0.39, 0.29) is 29.7 Å². The van der Waals surface area contributed by atoms with Gasteiger partial charge in [0.25, 0.3) is 11.6 Å². The number of hydrogen-bond acceptors (Lipinski definition) is 5. The van der Waals surface area contributed by atoms with Crippen molar-refractivity contribution in [3.8, 4) is 0 Å². The van der Waals surface area contributed by atoms with Gasteiger partial charge in [0.15, 0.2) is 0 Å². The molecule has 0 aromatic heterocycles. The highest BCUT2D eigenvalue weighted by Crippen LogP contribution is 2.13. The summed E-state index contributed by atoms with van der Waals surface area (Å²) in [5.41, 5.74) is 1.17. The van der Waals surface area contributed by atoms with E-state index in [2.05, 4.69) is 10.2 Å². The molecule has 0 saturated carbocycles. The van der Waals surface area contributed by atoms with Crippen molar-refractivity contribution in [1.82, 2.24) is 15.1 Å². The lowest BCUT2D eigenvalue weighted by Crippen LogP contribution is -2.50. The molecule has 1 heterocycles. The van der Waals surface area contributed by atoms with Crippen molar-refractivity contribution in [2.75, 3.05) is 39.3 Å². The highest BCUT2D eigenvalue weighted by molar-refractivity contribution is 5.94. The largest absolute Gasteiger partial charge is 0.351 e. The Morgan fingerprint density at radius 1 is 1.00 bits per heavy atom. The Balaban J connectivity index is 1.37. The van der Waals surface area contributed by atoms with Crippen LogP contribution in [0.5, 0.6) is 0 Å². The maximum absolute atomic E-state index is 12.9. The maximum Gasteiger partial charge on any atom is 0.269 e. The van der Waals surface area contributed by atoms with Gasteiger partial charge < -0.3 is 10.2 Å². The molecule has 0 spiro atoms. The van der Waals surface area contributed by atoms with Gasteiger partial charge in [0, 0.05) is 57.0 Å². The number of carbonyl (C=O) groups is 2. The minimum atomic E-state index is -0.465. The Kier molecular flexibility index (Phi) is 7.08. The fraction of sp³-hybridized carbons (Fsp3) is 0.333. The van der Waals surface area contributed by atoms with Gasteiger partial charge in [-0.15, -0.1) is 0 Å². The number of piperazine rings is 1. The molecule has 1 aliphatic heterocycles. The highest BCUT2D eigenvalue weighted by Gasteiger charge is 2.21. The molecule has 0 atom stereocenters. The standard InChI is InChI=1S/C21H23FN4O4/c22-18-5-3-17(4-6-18)21(28)23-9-10-24-11-13-25(14-12-24)20(27)15-16-1-7-19(8-2-16)26(29)30/h1-8H,9-15H2,(H,23,28). The van der Waals surface area contributed by atoms with Crippen molar-refractivity contribution in [3.63, 3.8) is 0 Å². The number of nitro benzene ring substituents is 1. The molecule has 2 amide bonds. The fourth-order valence-electron chi connectivity index (χ4n) is 3.27. The predicted octanol–water partition coefficient (Wildman–Crippen LogP) is 1.85. The second-order valence-electron chi connectivity index (χ2n) is 7.09. The molecule has 0 radical (unpaired) electrons. The average molecular weight is 414 g/mol. The molecule has 1 aliphatic rings. The van der Waals surface area contributed by atoms with Gasteiger partial charge in [0.05, 0.1) is 11.3 Å². The van der Waals surface area contributed by atoms with E-state index in [1.807, 2.05) is 0 Å². The Bertz CT molecular complexity index is 894. The minimum absolute atomic E-state index is 0.00586. The smallest absolute Gasteiger partial charge is 0.269 e. The summed E-state index contributed by atoms with van der Waals surface area (Å²) in [4.78, 5) is 38.7. The number of nitrogens with zero attached hydrogens (tertiary/aromatic N) is 3. The van der Waals surface area contributed by atoms with Crippen LogP contribution in [-0.4, -0.2) is 65.8 Å². The van der Waals surface area contributed by atoms with Crippen LogP contribution in [0.15, 0.2) is 48.5 Å². The molecule has 0 unspecified atom stereocenters. The van der Waals surface area contributed by atoms with Crippen molar-refractivity contribution in [2.45, 2.75) is 6.42 Å². The van der Waals surface area contributed by atoms with E-state index in [0.29, 0.717) is 44.8 Å². The normalized spacial score (nSPS) is 14.4. The molecule has 2 aromatic carbocycles. The number of non-ortho nitro benzene ring substituents is 1. The van der Waals surface area contributed by atoms with Crippen LogP contribution in [0, 0.1) is 15.9 Å². The molecule has 3 rings (SSSR count). The summed E-state index contributed by atoms with van der Waals surface area (Å²) in [5.74, 6) is -0.632.